The number of hydrogen-bond donors (Lipinski definition) is 2. The van der Waals surface area contributed by atoms with Crippen LogP contribution in [0.2, 0.25) is 15.1 Å². The summed E-state index contributed by atoms with van der Waals surface area (Å²) in [7, 11) is 0. The largest absolute Gasteiger partial charge is 0.490 e. The molecule has 0 saturated heterocycles. The lowest BCUT2D eigenvalue weighted by molar-refractivity contribution is -0.120. The molecule has 2 amide bonds. The third kappa shape index (κ3) is 7.71. The summed E-state index contributed by atoms with van der Waals surface area (Å²) in [5, 5.41) is 7.32. The first-order valence-corrected chi connectivity index (χ1v) is 11.7. The Morgan fingerprint density at radius 2 is 1.72 bits per heavy atom. The first kappa shape index (κ1) is 27.0. The van der Waals surface area contributed by atoms with Gasteiger partial charge in [0.15, 0.2) is 11.5 Å². The van der Waals surface area contributed by atoms with Gasteiger partial charge in [-0.15, -0.1) is 0 Å². The average Bonchev–Trinajstić information content (AvgIpc) is 2.84. The molecule has 3 aromatic rings. The van der Waals surface area contributed by atoms with Gasteiger partial charge in [0, 0.05) is 15.6 Å². The summed E-state index contributed by atoms with van der Waals surface area (Å²) in [4.78, 5) is 36.6. The maximum absolute atomic E-state index is 12.5. The van der Waals surface area contributed by atoms with Crippen molar-refractivity contribution in [2.75, 3.05) is 13.2 Å². The van der Waals surface area contributed by atoms with Gasteiger partial charge in [0.25, 0.3) is 11.8 Å². The van der Waals surface area contributed by atoms with Crippen LogP contribution >= 0.6 is 34.8 Å². The number of hydrogen-bond acceptors (Lipinski definition) is 6. The summed E-state index contributed by atoms with van der Waals surface area (Å²) in [6.45, 7) is 1.81. The van der Waals surface area contributed by atoms with Gasteiger partial charge in [0.2, 0.25) is 0 Å². The third-order valence-electron chi connectivity index (χ3n) is 4.52. The van der Waals surface area contributed by atoms with E-state index >= 15 is 0 Å². The fourth-order valence-corrected chi connectivity index (χ4v) is 3.55. The number of amides is 2. The van der Waals surface area contributed by atoms with E-state index in [0.29, 0.717) is 33.5 Å². The molecule has 3 aromatic carbocycles. The predicted octanol–water partition coefficient (Wildman–Crippen LogP) is 5.14. The van der Waals surface area contributed by atoms with Crippen molar-refractivity contribution in [3.8, 4) is 11.5 Å². The molecule has 2 N–H and O–H groups in total. The highest BCUT2D eigenvalue weighted by Crippen LogP contribution is 2.30. The highest BCUT2D eigenvalue weighted by molar-refractivity contribution is 6.36. The van der Waals surface area contributed by atoms with Crippen LogP contribution in [0.4, 0.5) is 0 Å². The van der Waals surface area contributed by atoms with E-state index in [0.717, 1.165) is 0 Å². The maximum Gasteiger partial charge on any atom is 0.345 e. The van der Waals surface area contributed by atoms with Crippen LogP contribution in [0.15, 0.2) is 65.8 Å². The van der Waals surface area contributed by atoms with Crippen molar-refractivity contribution in [1.29, 1.82) is 0 Å². The van der Waals surface area contributed by atoms with Crippen molar-refractivity contribution in [1.82, 2.24) is 10.7 Å². The molecule has 3 rings (SSSR count). The van der Waals surface area contributed by atoms with Crippen LogP contribution in [0.5, 0.6) is 11.5 Å². The Labute approximate surface area is 222 Å². The van der Waals surface area contributed by atoms with Gasteiger partial charge in [-0.3, -0.25) is 9.59 Å². The minimum atomic E-state index is -0.675. The molecule has 0 unspecified atom stereocenters. The fourth-order valence-electron chi connectivity index (χ4n) is 2.88. The first-order valence-electron chi connectivity index (χ1n) is 10.6. The molecule has 0 saturated carbocycles. The van der Waals surface area contributed by atoms with E-state index in [1.165, 1.54) is 36.5 Å². The topological polar surface area (TPSA) is 106 Å². The summed E-state index contributed by atoms with van der Waals surface area (Å²) < 4.78 is 11.0. The number of halogens is 3. The molecule has 0 bridgehead atoms. The van der Waals surface area contributed by atoms with Crippen LogP contribution in [0, 0.1) is 0 Å². The normalized spacial score (nSPS) is 10.7. The van der Waals surface area contributed by atoms with E-state index in [2.05, 4.69) is 15.8 Å². The number of nitrogens with zero attached hydrogens (tertiary/aromatic N) is 1. The van der Waals surface area contributed by atoms with E-state index in [9.17, 15) is 14.4 Å². The first-order chi connectivity index (χ1) is 17.3. The zero-order valence-electron chi connectivity index (χ0n) is 18.9. The number of ether oxygens (including phenoxy) is 2. The molecule has 0 atom stereocenters. The number of hydrazone groups is 1. The standard InChI is InChI=1S/C25H20Cl3N3O5/c1-2-35-22-10-15(6-9-21(22)36-25(34)19-8-7-18(27)12-20(19)28)13-30-31-23(32)14-29-24(33)16-4-3-5-17(26)11-16/h3-13H,2,14H2,1H3,(H,29,33)(H,31,32)/b30-13-. The van der Waals surface area contributed by atoms with Crippen molar-refractivity contribution in [3.05, 3.63) is 92.4 Å². The molecular weight excluding hydrogens is 529 g/mol. The van der Waals surface area contributed by atoms with Crippen molar-refractivity contribution in [2.45, 2.75) is 6.92 Å². The van der Waals surface area contributed by atoms with Gasteiger partial charge < -0.3 is 14.8 Å². The Bertz CT molecular complexity index is 1310. The molecule has 0 aromatic heterocycles. The second-order valence-corrected chi connectivity index (χ2v) is 8.42. The smallest absolute Gasteiger partial charge is 0.345 e. The molecule has 36 heavy (non-hydrogen) atoms. The van der Waals surface area contributed by atoms with E-state index in [-0.39, 0.29) is 22.9 Å². The second-order valence-electron chi connectivity index (χ2n) is 7.14. The molecule has 0 fully saturated rings. The Hall–Kier alpha value is -3.59. The molecule has 186 valence electrons. The molecule has 0 radical (unpaired) electrons. The lowest BCUT2D eigenvalue weighted by Crippen LogP contribution is -2.34. The van der Waals surface area contributed by atoms with E-state index in [1.807, 2.05) is 0 Å². The van der Waals surface area contributed by atoms with Crippen LogP contribution in [0.25, 0.3) is 0 Å². The van der Waals surface area contributed by atoms with Crippen LogP contribution in [-0.4, -0.2) is 37.1 Å². The van der Waals surface area contributed by atoms with Crippen LogP contribution in [-0.2, 0) is 4.79 Å². The van der Waals surface area contributed by atoms with E-state index < -0.39 is 17.8 Å². The zero-order chi connectivity index (χ0) is 26.1. The number of rotatable bonds is 9. The van der Waals surface area contributed by atoms with Crippen LogP contribution in [0.3, 0.4) is 0 Å². The molecule has 0 aliphatic heterocycles. The molecule has 0 aliphatic carbocycles. The van der Waals surface area contributed by atoms with E-state index in [1.54, 1.807) is 37.3 Å². The Morgan fingerprint density at radius 1 is 0.944 bits per heavy atom. The summed E-state index contributed by atoms with van der Waals surface area (Å²) in [5.41, 5.74) is 3.37. The highest BCUT2D eigenvalue weighted by Gasteiger charge is 2.16. The van der Waals surface area contributed by atoms with Gasteiger partial charge >= 0.3 is 5.97 Å². The summed E-state index contributed by atoms with van der Waals surface area (Å²) in [5.74, 6) is -1.18. The number of esters is 1. The molecule has 0 heterocycles. The summed E-state index contributed by atoms with van der Waals surface area (Å²) in [6, 6.07) is 15.5. The van der Waals surface area contributed by atoms with Gasteiger partial charge in [-0.1, -0.05) is 40.9 Å². The Morgan fingerprint density at radius 3 is 2.44 bits per heavy atom. The SMILES string of the molecule is CCOc1cc(/C=N\NC(=O)CNC(=O)c2cccc(Cl)c2)ccc1OC(=O)c1ccc(Cl)cc1Cl. The Kier molecular flexibility index (Phi) is 9.69. The minimum Gasteiger partial charge on any atom is -0.490 e. The third-order valence-corrected chi connectivity index (χ3v) is 5.30. The van der Waals surface area contributed by atoms with Gasteiger partial charge in [0.1, 0.15) is 0 Å². The fraction of sp³-hybridized carbons (Fsp3) is 0.120. The zero-order valence-corrected chi connectivity index (χ0v) is 21.2. The van der Waals surface area contributed by atoms with Gasteiger partial charge in [-0.2, -0.15) is 5.10 Å². The second kappa shape index (κ2) is 12.9. The lowest BCUT2D eigenvalue weighted by Gasteiger charge is -2.12. The van der Waals surface area contributed by atoms with Crippen LogP contribution in [0.1, 0.15) is 33.2 Å². The van der Waals surface area contributed by atoms with Gasteiger partial charge in [-0.25, -0.2) is 10.2 Å². The molecule has 8 nitrogen and oxygen atoms in total. The predicted molar refractivity (Wildman–Crippen MR) is 139 cm³/mol. The van der Waals surface area contributed by atoms with Crippen molar-refractivity contribution in [3.63, 3.8) is 0 Å². The van der Waals surface area contributed by atoms with Crippen molar-refractivity contribution >= 4 is 58.8 Å². The number of carbonyl (C=O) groups excluding carboxylic acids is 3. The molecule has 11 heteroatoms. The summed E-state index contributed by atoms with van der Waals surface area (Å²) >= 11 is 17.8. The van der Waals surface area contributed by atoms with Crippen molar-refractivity contribution < 1.29 is 23.9 Å². The maximum atomic E-state index is 12.5. The number of benzene rings is 3. The highest BCUT2D eigenvalue weighted by atomic mass is 35.5. The van der Waals surface area contributed by atoms with Gasteiger partial charge in [-0.05, 0) is 67.1 Å². The average molecular weight is 549 g/mol. The quantitative estimate of drug-likeness (QED) is 0.167. The summed E-state index contributed by atoms with van der Waals surface area (Å²) in [6.07, 6.45) is 1.38. The number of carbonyl (C=O) groups is 3. The molecule has 0 aliphatic rings. The Balaban J connectivity index is 1.59. The molecular formula is C25H20Cl3N3O5. The van der Waals surface area contributed by atoms with Crippen LogP contribution < -0.4 is 20.2 Å². The monoisotopic (exact) mass is 547 g/mol. The van der Waals surface area contributed by atoms with Gasteiger partial charge in [0.05, 0.1) is 30.0 Å². The van der Waals surface area contributed by atoms with Crippen molar-refractivity contribution in [2.24, 2.45) is 5.10 Å². The lowest BCUT2D eigenvalue weighted by atomic mass is 10.2. The van der Waals surface area contributed by atoms with E-state index in [4.69, 9.17) is 44.3 Å². The number of nitrogens with one attached hydrogen (secondary N) is 2. The minimum absolute atomic E-state index is 0.152. The molecule has 0 spiro atoms.